The lowest BCUT2D eigenvalue weighted by Crippen LogP contribution is -2.14. The zero-order valence-corrected chi connectivity index (χ0v) is 15.1. The molecule has 7 nitrogen and oxygen atoms in total. The van der Waals surface area contributed by atoms with Crippen molar-refractivity contribution in [1.82, 2.24) is 5.43 Å². The number of para-hydroxylation sites is 1. The van der Waals surface area contributed by atoms with Gasteiger partial charge in [0.1, 0.15) is 5.82 Å². The first-order chi connectivity index (χ1) is 13.0. The molecule has 2 aromatic carbocycles. The summed E-state index contributed by atoms with van der Waals surface area (Å²) in [6.07, 6.45) is 0. The molecule has 0 saturated carbocycles. The number of methoxy groups -OCH3 is 1. The number of benzene rings is 2. The van der Waals surface area contributed by atoms with Crippen LogP contribution in [0.1, 0.15) is 23.0 Å². The second kappa shape index (κ2) is 7.65. The second-order valence-corrected chi connectivity index (χ2v) is 5.86. The Hall–Kier alpha value is -3.74. The first-order valence-electron chi connectivity index (χ1n) is 8.21. The summed E-state index contributed by atoms with van der Waals surface area (Å²) in [6.45, 7) is 5.36. The summed E-state index contributed by atoms with van der Waals surface area (Å²) >= 11 is 0. The van der Waals surface area contributed by atoms with Crippen LogP contribution in [0.4, 0.5) is 5.69 Å². The molecule has 0 aliphatic rings. The maximum atomic E-state index is 12.5. The van der Waals surface area contributed by atoms with Gasteiger partial charge in [-0.3, -0.25) is 10.2 Å². The van der Waals surface area contributed by atoms with E-state index in [1.807, 2.05) is 31.2 Å². The third kappa shape index (κ3) is 4.09. The third-order valence-corrected chi connectivity index (χ3v) is 3.88. The minimum atomic E-state index is -0.340. The average Bonchev–Trinajstić information content (AvgIpc) is 3.11. The lowest BCUT2D eigenvalue weighted by Gasteiger charge is -2.06. The van der Waals surface area contributed by atoms with E-state index in [9.17, 15) is 4.79 Å². The van der Waals surface area contributed by atoms with Crippen molar-refractivity contribution in [3.63, 3.8) is 0 Å². The molecule has 1 aromatic heterocycles. The van der Waals surface area contributed by atoms with E-state index in [4.69, 9.17) is 14.9 Å². The highest BCUT2D eigenvalue weighted by atomic mass is 16.5. The number of carbonyl (C=O) groups excluding carboxylic acids is 1. The van der Waals surface area contributed by atoms with Gasteiger partial charge in [0.05, 0.1) is 12.8 Å². The minimum absolute atomic E-state index is 0.210. The molecule has 0 aliphatic heterocycles. The highest BCUT2D eigenvalue weighted by molar-refractivity contribution is 6.05. The van der Waals surface area contributed by atoms with Crippen molar-refractivity contribution < 1.29 is 13.9 Å². The third-order valence-electron chi connectivity index (χ3n) is 3.88. The topological polar surface area (TPSA) is 102 Å². The molecule has 0 aliphatic carbocycles. The van der Waals surface area contributed by atoms with Crippen LogP contribution in [0.25, 0.3) is 11.0 Å². The maximum absolute atomic E-state index is 12.5. The van der Waals surface area contributed by atoms with E-state index >= 15 is 0 Å². The minimum Gasteiger partial charge on any atom is -0.493 e. The van der Waals surface area contributed by atoms with E-state index in [0.29, 0.717) is 17.0 Å². The number of hydrazone groups is 1. The number of nitrogens with zero attached hydrogens (tertiary/aromatic N) is 1. The number of anilines is 1. The van der Waals surface area contributed by atoms with Crippen LogP contribution in [0.3, 0.4) is 0 Å². The van der Waals surface area contributed by atoms with Gasteiger partial charge >= 0.3 is 0 Å². The smallest absolute Gasteiger partial charge is 0.291 e. The molecule has 27 heavy (non-hydrogen) atoms. The number of nitrogens with two attached hydrogens (primary N) is 1. The molecule has 3 rings (SSSR count). The normalized spacial score (nSPS) is 11.3. The molecule has 0 saturated heterocycles. The van der Waals surface area contributed by atoms with Gasteiger partial charge in [0.15, 0.2) is 17.1 Å². The van der Waals surface area contributed by atoms with Gasteiger partial charge in [-0.05, 0) is 36.8 Å². The Morgan fingerprint density at radius 1 is 1.22 bits per heavy atom. The molecular weight excluding hydrogens is 344 g/mol. The molecule has 0 unspecified atom stereocenters. The number of fused-ring (bicyclic) bond motifs is 1. The van der Waals surface area contributed by atoms with Crippen LogP contribution in [0, 0.1) is 0 Å². The van der Waals surface area contributed by atoms with Gasteiger partial charge in [-0.15, -0.1) is 0 Å². The van der Waals surface area contributed by atoms with Crippen LogP contribution < -0.4 is 21.2 Å². The van der Waals surface area contributed by atoms with E-state index in [2.05, 4.69) is 22.4 Å². The Morgan fingerprint density at radius 2 is 1.96 bits per heavy atom. The van der Waals surface area contributed by atoms with Crippen molar-refractivity contribution in [3.8, 4) is 5.75 Å². The van der Waals surface area contributed by atoms with Crippen molar-refractivity contribution in [1.29, 1.82) is 0 Å². The second-order valence-electron chi connectivity index (χ2n) is 5.86. The number of furan rings is 1. The van der Waals surface area contributed by atoms with Gasteiger partial charge in [-0.1, -0.05) is 30.8 Å². The predicted molar refractivity (Wildman–Crippen MR) is 106 cm³/mol. The summed E-state index contributed by atoms with van der Waals surface area (Å²) in [5.74, 6) is 0.717. The lowest BCUT2D eigenvalue weighted by molar-refractivity contribution is 0.0998. The molecule has 3 aromatic rings. The first-order valence-corrected chi connectivity index (χ1v) is 8.21. The molecule has 1 amide bonds. The Morgan fingerprint density at radius 3 is 2.63 bits per heavy atom. The number of rotatable bonds is 6. The van der Waals surface area contributed by atoms with Crippen molar-refractivity contribution in [2.75, 3.05) is 12.4 Å². The van der Waals surface area contributed by atoms with E-state index in [-0.39, 0.29) is 17.5 Å². The fraction of sp³-hybridized carbons (Fsp3) is 0.100. The molecule has 0 atom stereocenters. The van der Waals surface area contributed by atoms with Crippen LogP contribution in [0.15, 0.2) is 70.4 Å². The van der Waals surface area contributed by atoms with E-state index in [1.54, 1.807) is 31.4 Å². The van der Waals surface area contributed by atoms with Gasteiger partial charge in [0.2, 0.25) is 0 Å². The van der Waals surface area contributed by atoms with E-state index in [1.165, 1.54) is 0 Å². The highest BCUT2D eigenvalue weighted by Gasteiger charge is 2.15. The molecule has 138 valence electrons. The Kier molecular flexibility index (Phi) is 5.12. The molecule has 7 heteroatoms. The van der Waals surface area contributed by atoms with E-state index in [0.717, 1.165) is 16.7 Å². The highest BCUT2D eigenvalue weighted by Crippen LogP contribution is 2.28. The van der Waals surface area contributed by atoms with Crippen LogP contribution in [-0.4, -0.2) is 18.7 Å². The van der Waals surface area contributed by atoms with Crippen LogP contribution in [-0.2, 0) is 0 Å². The number of ether oxygens (including phenoxy) is 1. The molecule has 0 bridgehead atoms. The SMILES string of the molecule is C=C(N)N/N=C(\C)c1ccc(NC(=O)c2cc3cccc(OC)c3o2)cc1. The Bertz CT molecular complexity index is 1020. The zero-order valence-electron chi connectivity index (χ0n) is 15.1. The van der Waals surface area contributed by atoms with Crippen molar-refractivity contribution in [2.45, 2.75) is 6.92 Å². The zero-order chi connectivity index (χ0) is 19.4. The summed E-state index contributed by atoms with van der Waals surface area (Å²) < 4.78 is 10.9. The van der Waals surface area contributed by atoms with Gasteiger partial charge in [0, 0.05) is 11.1 Å². The summed E-state index contributed by atoms with van der Waals surface area (Å²) in [5.41, 5.74) is 10.8. The standard InChI is InChI=1S/C20H20N4O3/c1-12(23-24-13(2)21)14-7-9-16(10-8-14)22-20(25)18-11-15-5-4-6-17(26-3)19(15)27-18/h4-11,24H,2,21H2,1,3H3,(H,22,25)/b23-12+. The first kappa shape index (κ1) is 18.1. The quantitative estimate of drug-likeness (QED) is 0.459. The van der Waals surface area contributed by atoms with Gasteiger partial charge < -0.3 is 20.2 Å². The summed E-state index contributed by atoms with van der Waals surface area (Å²) in [4.78, 5) is 12.5. The Labute approximate surface area is 156 Å². The molecular formula is C20H20N4O3. The number of amides is 1. The number of nitrogens with one attached hydrogen (secondary N) is 2. The summed E-state index contributed by atoms with van der Waals surface area (Å²) in [6, 6.07) is 14.4. The Balaban J connectivity index is 1.74. The van der Waals surface area contributed by atoms with Crippen LogP contribution >= 0.6 is 0 Å². The van der Waals surface area contributed by atoms with Crippen LogP contribution in [0.5, 0.6) is 5.75 Å². The number of hydrogen-bond acceptors (Lipinski definition) is 6. The fourth-order valence-electron chi connectivity index (χ4n) is 2.52. The van der Waals surface area contributed by atoms with Crippen molar-refractivity contribution in [3.05, 3.63) is 72.3 Å². The van der Waals surface area contributed by atoms with Gasteiger partial charge in [-0.25, -0.2) is 0 Å². The van der Waals surface area contributed by atoms with Gasteiger partial charge in [-0.2, -0.15) is 5.10 Å². The van der Waals surface area contributed by atoms with Crippen molar-refractivity contribution >= 4 is 28.3 Å². The monoisotopic (exact) mass is 364 g/mol. The van der Waals surface area contributed by atoms with E-state index < -0.39 is 0 Å². The van der Waals surface area contributed by atoms with Gasteiger partial charge in [0.25, 0.3) is 5.91 Å². The maximum Gasteiger partial charge on any atom is 0.291 e. The molecule has 0 fully saturated rings. The molecule has 0 spiro atoms. The summed E-state index contributed by atoms with van der Waals surface area (Å²) in [7, 11) is 1.56. The average molecular weight is 364 g/mol. The number of hydrogen-bond donors (Lipinski definition) is 3. The largest absolute Gasteiger partial charge is 0.493 e. The van der Waals surface area contributed by atoms with Crippen LogP contribution in [0.2, 0.25) is 0 Å². The molecule has 4 N–H and O–H groups in total. The summed E-state index contributed by atoms with van der Waals surface area (Å²) in [5, 5.41) is 7.71. The number of carbonyl (C=O) groups is 1. The van der Waals surface area contributed by atoms with Crippen molar-refractivity contribution in [2.24, 2.45) is 10.8 Å². The molecule has 1 heterocycles. The molecule has 0 radical (unpaired) electrons. The lowest BCUT2D eigenvalue weighted by atomic mass is 10.1. The fourth-order valence-corrected chi connectivity index (χ4v) is 2.52. The predicted octanol–water partition coefficient (Wildman–Crippen LogP) is 3.44.